The second-order valence-corrected chi connectivity index (χ2v) is 11.7. The van der Waals surface area contributed by atoms with Crippen molar-refractivity contribution in [2.24, 2.45) is 0 Å². The van der Waals surface area contributed by atoms with Gasteiger partial charge in [0.05, 0.1) is 0 Å². The van der Waals surface area contributed by atoms with Gasteiger partial charge in [0.1, 0.15) is 30.5 Å². The molecule has 232 valence electrons. The summed E-state index contributed by atoms with van der Waals surface area (Å²) in [5, 5.41) is 40.3. The Morgan fingerprint density at radius 2 is 1.00 bits per heavy atom. The van der Waals surface area contributed by atoms with Crippen molar-refractivity contribution >= 4 is 5.97 Å². The third-order valence-electron chi connectivity index (χ3n) is 8.10. The molecule has 1 unspecified atom stereocenters. The van der Waals surface area contributed by atoms with Crippen molar-refractivity contribution in [1.82, 2.24) is 0 Å². The van der Waals surface area contributed by atoms with E-state index in [1.165, 1.54) is 89.9 Å². The summed E-state index contributed by atoms with van der Waals surface area (Å²) in [7, 11) is 0. The SMILES string of the molecule is CCCCCCCCCCCCCCCCCC(=O)OC(CCCCCCCC)[C@H]1O[C@@H](O)[C@H](O)[C@@H](O)[C@@H]1O. The summed E-state index contributed by atoms with van der Waals surface area (Å²) in [5.74, 6) is -0.341. The number of rotatable bonds is 25. The number of aliphatic hydroxyl groups excluding tert-OH is 4. The maximum Gasteiger partial charge on any atom is 0.306 e. The minimum atomic E-state index is -1.63. The first kappa shape index (κ1) is 36.3. The van der Waals surface area contributed by atoms with Gasteiger partial charge in [-0.05, 0) is 19.3 Å². The predicted octanol–water partition coefficient (Wildman–Crippen LogP) is 6.71. The van der Waals surface area contributed by atoms with Crippen LogP contribution in [0, 0.1) is 0 Å². The molecule has 0 aromatic rings. The Balaban J connectivity index is 2.24. The van der Waals surface area contributed by atoms with Gasteiger partial charge < -0.3 is 29.9 Å². The van der Waals surface area contributed by atoms with Gasteiger partial charge in [0.2, 0.25) is 0 Å². The fourth-order valence-electron chi connectivity index (χ4n) is 5.48. The monoisotopic (exact) mass is 558 g/mol. The number of hydrogen-bond donors (Lipinski definition) is 4. The molecule has 1 aliphatic heterocycles. The van der Waals surface area contributed by atoms with Gasteiger partial charge in [-0.1, -0.05) is 136 Å². The summed E-state index contributed by atoms with van der Waals surface area (Å²) in [6, 6.07) is 0. The molecule has 6 atom stereocenters. The number of unbranched alkanes of at least 4 members (excludes halogenated alkanes) is 19. The second-order valence-electron chi connectivity index (χ2n) is 11.7. The first-order chi connectivity index (χ1) is 18.9. The molecule has 39 heavy (non-hydrogen) atoms. The summed E-state index contributed by atoms with van der Waals surface area (Å²) >= 11 is 0. The van der Waals surface area contributed by atoms with Crippen LogP contribution in [-0.4, -0.2) is 63.2 Å². The molecule has 0 aliphatic carbocycles. The zero-order valence-electron chi connectivity index (χ0n) is 25.2. The Morgan fingerprint density at radius 3 is 1.46 bits per heavy atom. The molecule has 7 nitrogen and oxygen atoms in total. The predicted molar refractivity (Wildman–Crippen MR) is 156 cm³/mol. The van der Waals surface area contributed by atoms with Gasteiger partial charge in [-0.15, -0.1) is 0 Å². The van der Waals surface area contributed by atoms with Crippen LogP contribution in [-0.2, 0) is 14.3 Å². The zero-order valence-corrected chi connectivity index (χ0v) is 25.2. The highest BCUT2D eigenvalue weighted by molar-refractivity contribution is 5.69. The average molecular weight is 559 g/mol. The molecule has 1 aliphatic rings. The van der Waals surface area contributed by atoms with Crippen molar-refractivity contribution in [1.29, 1.82) is 0 Å². The van der Waals surface area contributed by atoms with Crippen molar-refractivity contribution in [3.05, 3.63) is 0 Å². The summed E-state index contributed by atoms with van der Waals surface area (Å²) in [6.07, 6.45) is 18.0. The number of carbonyl (C=O) groups is 1. The number of ether oxygens (including phenoxy) is 2. The quantitative estimate of drug-likeness (QED) is 0.0727. The van der Waals surface area contributed by atoms with Crippen molar-refractivity contribution in [3.63, 3.8) is 0 Å². The summed E-state index contributed by atoms with van der Waals surface area (Å²) < 4.78 is 11.1. The lowest BCUT2D eigenvalue weighted by Gasteiger charge is -2.41. The molecule has 0 aromatic heterocycles. The van der Waals surface area contributed by atoms with E-state index in [2.05, 4.69) is 13.8 Å². The Labute approximate surface area is 239 Å². The molecule has 4 N–H and O–H groups in total. The third-order valence-corrected chi connectivity index (χ3v) is 8.10. The topological polar surface area (TPSA) is 116 Å². The van der Waals surface area contributed by atoms with Crippen LogP contribution in [0.5, 0.6) is 0 Å². The van der Waals surface area contributed by atoms with Crippen LogP contribution < -0.4 is 0 Å². The van der Waals surface area contributed by atoms with Gasteiger partial charge in [0, 0.05) is 6.42 Å². The first-order valence-corrected chi connectivity index (χ1v) is 16.5. The largest absolute Gasteiger partial charge is 0.459 e. The van der Waals surface area contributed by atoms with Crippen molar-refractivity contribution in [2.75, 3.05) is 0 Å². The standard InChI is InChI=1S/C32H62O7/c1-3-5-7-9-11-12-13-14-15-16-17-18-19-21-23-25-27(33)38-26(24-22-20-10-8-6-4-2)31-29(35)28(34)30(36)32(37)39-31/h26,28-32,34-37H,3-25H2,1-2H3/t26?,28-,29-,30+,31+,32+/m0/s1. The lowest BCUT2D eigenvalue weighted by molar-refractivity contribution is -0.298. The maximum absolute atomic E-state index is 12.6. The summed E-state index contributed by atoms with van der Waals surface area (Å²) in [4.78, 5) is 12.6. The molecule has 1 rings (SSSR count). The van der Waals surface area contributed by atoms with Crippen LogP contribution in [0.25, 0.3) is 0 Å². The fourth-order valence-corrected chi connectivity index (χ4v) is 5.48. The van der Waals surface area contributed by atoms with E-state index in [-0.39, 0.29) is 5.97 Å². The number of carbonyl (C=O) groups excluding carboxylic acids is 1. The number of aliphatic hydroxyl groups is 4. The van der Waals surface area contributed by atoms with Gasteiger partial charge in [-0.2, -0.15) is 0 Å². The minimum absolute atomic E-state index is 0.307. The molecule has 0 amide bonds. The molecule has 1 saturated heterocycles. The molecule has 0 bridgehead atoms. The third kappa shape index (κ3) is 17.0. The van der Waals surface area contributed by atoms with Crippen molar-refractivity contribution in [2.45, 2.75) is 198 Å². The lowest BCUT2D eigenvalue weighted by atomic mass is 9.92. The number of hydrogen-bond acceptors (Lipinski definition) is 7. The van der Waals surface area contributed by atoms with E-state index in [4.69, 9.17) is 9.47 Å². The van der Waals surface area contributed by atoms with E-state index < -0.39 is 36.8 Å². The maximum atomic E-state index is 12.6. The highest BCUT2D eigenvalue weighted by Crippen LogP contribution is 2.27. The molecule has 1 fully saturated rings. The van der Waals surface area contributed by atoms with E-state index in [0.717, 1.165) is 44.9 Å². The van der Waals surface area contributed by atoms with E-state index in [9.17, 15) is 25.2 Å². The van der Waals surface area contributed by atoms with Crippen LogP contribution >= 0.6 is 0 Å². The minimum Gasteiger partial charge on any atom is -0.459 e. The molecule has 0 radical (unpaired) electrons. The molecule has 0 aromatic carbocycles. The second kappa shape index (κ2) is 23.9. The Hall–Kier alpha value is -0.730. The van der Waals surface area contributed by atoms with Crippen LogP contribution in [0.4, 0.5) is 0 Å². The van der Waals surface area contributed by atoms with Crippen LogP contribution in [0.3, 0.4) is 0 Å². The first-order valence-electron chi connectivity index (χ1n) is 16.5. The average Bonchev–Trinajstić information content (AvgIpc) is 2.93. The Morgan fingerprint density at radius 1 is 0.590 bits per heavy atom. The molecule has 7 heteroatoms. The van der Waals surface area contributed by atoms with Gasteiger partial charge >= 0.3 is 5.97 Å². The lowest BCUT2D eigenvalue weighted by Crippen LogP contribution is -2.61. The normalized spacial score (nSPS) is 24.1. The van der Waals surface area contributed by atoms with E-state index >= 15 is 0 Å². The van der Waals surface area contributed by atoms with E-state index in [1.807, 2.05) is 0 Å². The van der Waals surface area contributed by atoms with Gasteiger partial charge in [0.25, 0.3) is 0 Å². The highest BCUT2D eigenvalue weighted by Gasteiger charge is 2.47. The van der Waals surface area contributed by atoms with Gasteiger partial charge in [0.15, 0.2) is 6.29 Å². The van der Waals surface area contributed by atoms with Gasteiger partial charge in [-0.3, -0.25) is 4.79 Å². The van der Waals surface area contributed by atoms with Gasteiger partial charge in [-0.25, -0.2) is 0 Å². The molecule has 0 saturated carbocycles. The molecular formula is C32H62O7. The van der Waals surface area contributed by atoms with Crippen molar-refractivity contribution in [3.8, 4) is 0 Å². The smallest absolute Gasteiger partial charge is 0.306 e. The van der Waals surface area contributed by atoms with E-state index in [0.29, 0.717) is 12.8 Å². The summed E-state index contributed by atoms with van der Waals surface area (Å²) in [5.41, 5.74) is 0. The Bertz CT molecular complexity index is 573. The fraction of sp³-hybridized carbons (Fsp3) is 0.969. The van der Waals surface area contributed by atoms with Crippen LogP contribution in [0.1, 0.15) is 162 Å². The number of esters is 1. The molecule has 1 heterocycles. The zero-order chi connectivity index (χ0) is 28.7. The summed E-state index contributed by atoms with van der Waals surface area (Å²) in [6.45, 7) is 4.43. The van der Waals surface area contributed by atoms with Crippen molar-refractivity contribution < 1.29 is 34.7 Å². The van der Waals surface area contributed by atoms with Crippen LogP contribution in [0.15, 0.2) is 0 Å². The Kier molecular flexibility index (Phi) is 22.3. The highest BCUT2D eigenvalue weighted by atomic mass is 16.7. The molecular weight excluding hydrogens is 496 g/mol. The van der Waals surface area contributed by atoms with E-state index in [1.54, 1.807) is 0 Å². The van der Waals surface area contributed by atoms with Crippen LogP contribution in [0.2, 0.25) is 0 Å². The molecule has 0 spiro atoms.